The Bertz CT molecular complexity index is 768. The number of benzene rings is 1. The van der Waals surface area contributed by atoms with Gasteiger partial charge in [-0.05, 0) is 25.1 Å². The monoisotopic (exact) mass is 352 g/mol. The molecule has 0 aliphatic carbocycles. The Morgan fingerprint density at radius 2 is 2.25 bits per heavy atom. The van der Waals surface area contributed by atoms with Crippen molar-refractivity contribution < 1.29 is 9.90 Å². The minimum absolute atomic E-state index is 0.0650. The predicted octanol–water partition coefficient (Wildman–Crippen LogP) is 3.74. The molecule has 8 heteroatoms. The molecule has 0 unspecified atom stereocenters. The van der Waals surface area contributed by atoms with Crippen molar-refractivity contribution in [1.82, 2.24) is 4.98 Å². The van der Waals surface area contributed by atoms with Crippen molar-refractivity contribution in [3.8, 4) is 5.88 Å². The second-order valence-electron chi connectivity index (χ2n) is 4.20. The highest BCUT2D eigenvalue weighted by Gasteiger charge is 2.24. The summed E-state index contributed by atoms with van der Waals surface area (Å²) in [6, 6.07) is 5.51. The highest BCUT2D eigenvalue weighted by molar-refractivity contribution is 9.10. The van der Waals surface area contributed by atoms with Gasteiger partial charge < -0.3 is 10.1 Å². The summed E-state index contributed by atoms with van der Waals surface area (Å²) < 4.78 is 0.872. The number of rotatable bonds is 1. The fourth-order valence-electron chi connectivity index (χ4n) is 1.80. The molecule has 1 aromatic carbocycles. The van der Waals surface area contributed by atoms with E-state index >= 15 is 0 Å². The largest absolute Gasteiger partial charge is 0.493 e. The van der Waals surface area contributed by atoms with E-state index in [1.165, 1.54) is 11.8 Å². The van der Waals surface area contributed by atoms with Crippen LogP contribution in [0.4, 0.5) is 5.69 Å². The van der Waals surface area contributed by atoms with E-state index in [4.69, 9.17) is 0 Å². The van der Waals surface area contributed by atoms with E-state index in [1.54, 1.807) is 6.92 Å². The summed E-state index contributed by atoms with van der Waals surface area (Å²) in [7, 11) is 0. The topological polar surface area (TPSA) is 90.2 Å². The number of thioether (sulfide) groups is 1. The number of aromatic hydroxyl groups is 1. The first-order valence-electron chi connectivity index (χ1n) is 5.76. The fourth-order valence-corrected chi connectivity index (χ4v) is 2.86. The molecule has 1 aliphatic heterocycles. The van der Waals surface area contributed by atoms with E-state index in [2.05, 4.69) is 36.1 Å². The second-order valence-corrected chi connectivity index (χ2v) is 6.43. The van der Waals surface area contributed by atoms with Gasteiger partial charge in [-0.2, -0.15) is 4.99 Å². The summed E-state index contributed by atoms with van der Waals surface area (Å²) in [5.74, 6) is -0.278. The summed E-state index contributed by atoms with van der Waals surface area (Å²) in [5, 5.41) is 18.6. The summed E-state index contributed by atoms with van der Waals surface area (Å²) in [6.07, 6.45) is 0. The van der Waals surface area contributed by atoms with Gasteiger partial charge in [0.1, 0.15) is 0 Å². The average molecular weight is 353 g/mol. The molecule has 1 amide bonds. The van der Waals surface area contributed by atoms with E-state index in [-0.39, 0.29) is 17.0 Å². The van der Waals surface area contributed by atoms with Gasteiger partial charge in [0.15, 0.2) is 5.69 Å². The SMILES string of the molecule is C[C@H]1SC(N=Nc2c(O)[nH]c3ccc(Br)cc23)=NC1=O. The molecule has 102 valence electrons. The van der Waals surface area contributed by atoms with Crippen molar-refractivity contribution >= 4 is 55.4 Å². The molecule has 0 radical (unpaired) electrons. The first-order chi connectivity index (χ1) is 9.54. The van der Waals surface area contributed by atoms with Crippen LogP contribution in [-0.4, -0.2) is 26.4 Å². The predicted molar refractivity (Wildman–Crippen MR) is 81.7 cm³/mol. The molecule has 3 rings (SSSR count). The zero-order valence-electron chi connectivity index (χ0n) is 10.3. The number of halogens is 1. The Morgan fingerprint density at radius 3 is 2.95 bits per heavy atom. The van der Waals surface area contributed by atoms with Crippen LogP contribution in [0.15, 0.2) is 37.9 Å². The number of aromatic nitrogens is 1. The van der Waals surface area contributed by atoms with Crippen molar-refractivity contribution in [2.75, 3.05) is 0 Å². The molecule has 0 saturated heterocycles. The number of hydrogen-bond donors (Lipinski definition) is 2. The average Bonchev–Trinajstić information content (AvgIpc) is 2.87. The van der Waals surface area contributed by atoms with Gasteiger partial charge in [-0.15, -0.1) is 10.2 Å². The molecule has 2 N–H and O–H groups in total. The van der Waals surface area contributed by atoms with Gasteiger partial charge in [0.05, 0.1) is 10.8 Å². The van der Waals surface area contributed by atoms with Crippen molar-refractivity contribution in [2.24, 2.45) is 15.2 Å². The van der Waals surface area contributed by atoms with E-state index in [0.717, 1.165) is 15.4 Å². The maximum Gasteiger partial charge on any atom is 0.261 e. The maximum absolute atomic E-state index is 11.3. The summed E-state index contributed by atoms with van der Waals surface area (Å²) >= 11 is 4.62. The lowest BCUT2D eigenvalue weighted by molar-refractivity contribution is -0.116. The lowest BCUT2D eigenvalue weighted by Crippen LogP contribution is -2.02. The molecule has 20 heavy (non-hydrogen) atoms. The number of aromatic amines is 1. The van der Waals surface area contributed by atoms with Crippen LogP contribution in [0.25, 0.3) is 10.9 Å². The summed E-state index contributed by atoms with van der Waals surface area (Å²) in [6.45, 7) is 1.76. The summed E-state index contributed by atoms with van der Waals surface area (Å²) in [5.41, 5.74) is 1.08. The Kier molecular flexibility index (Phi) is 3.35. The van der Waals surface area contributed by atoms with Crippen LogP contribution < -0.4 is 0 Å². The quantitative estimate of drug-likeness (QED) is 0.766. The number of H-pyrrole nitrogens is 1. The van der Waals surface area contributed by atoms with Crippen LogP contribution in [0.3, 0.4) is 0 Å². The minimum atomic E-state index is -0.227. The Morgan fingerprint density at radius 1 is 1.45 bits per heavy atom. The molecule has 1 aliphatic rings. The van der Waals surface area contributed by atoms with Crippen molar-refractivity contribution in [2.45, 2.75) is 12.2 Å². The standard InChI is InChI=1S/C12H9BrN4O2S/c1-5-10(18)15-12(20-5)17-16-9-7-4-6(13)2-3-8(7)14-11(9)19/h2-5,14,19H,1H3/t5-/m1/s1. The van der Waals surface area contributed by atoms with E-state index in [1.807, 2.05) is 18.2 Å². The molecule has 1 atom stereocenters. The van der Waals surface area contributed by atoms with E-state index in [9.17, 15) is 9.90 Å². The number of hydrogen-bond acceptors (Lipinski definition) is 5. The number of nitrogens with one attached hydrogen (secondary N) is 1. The molecular formula is C12H9BrN4O2S. The Hall–Kier alpha value is -1.67. The third kappa shape index (κ3) is 2.36. The van der Waals surface area contributed by atoms with Crippen molar-refractivity contribution in [3.63, 3.8) is 0 Å². The number of amidine groups is 1. The number of amides is 1. The number of nitrogens with zero attached hydrogens (tertiary/aromatic N) is 3. The first-order valence-corrected chi connectivity index (χ1v) is 7.43. The highest BCUT2D eigenvalue weighted by atomic mass is 79.9. The molecule has 0 spiro atoms. The van der Waals surface area contributed by atoms with Gasteiger partial charge in [-0.25, -0.2) is 0 Å². The van der Waals surface area contributed by atoms with Gasteiger partial charge in [0.25, 0.3) is 5.91 Å². The van der Waals surface area contributed by atoms with Crippen LogP contribution in [-0.2, 0) is 4.79 Å². The molecule has 6 nitrogen and oxygen atoms in total. The van der Waals surface area contributed by atoms with Crippen molar-refractivity contribution in [1.29, 1.82) is 0 Å². The van der Waals surface area contributed by atoms with Crippen LogP contribution in [0, 0.1) is 0 Å². The molecule has 0 fully saturated rings. The number of aliphatic imine (C=N–C) groups is 1. The fraction of sp³-hybridized carbons (Fsp3) is 0.167. The molecular weight excluding hydrogens is 344 g/mol. The van der Waals surface area contributed by atoms with E-state index in [0.29, 0.717) is 10.9 Å². The normalized spacial score (nSPS) is 19.2. The second kappa shape index (κ2) is 5.02. The Labute approximate surface area is 126 Å². The highest BCUT2D eigenvalue weighted by Crippen LogP contribution is 2.37. The molecule has 0 bridgehead atoms. The molecule has 1 aromatic heterocycles. The third-order valence-corrected chi connectivity index (χ3v) is 4.22. The molecule has 2 heterocycles. The smallest absolute Gasteiger partial charge is 0.261 e. The Balaban J connectivity index is 1.99. The van der Waals surface area contributed by atoms with Crippen LogP contribution in [0.5, 0.6) is 5.88 Å². The zero-order valence-corrected chi connectivity index (χ0v) is 12.7. The third-order valence-electron chi connectivity index (χ3n) is 2.79. The summed E-state index contributed by atoms with van der Waals surface area (Å²) in [4.78, 5) is 17.9. The number of azo groups is 1. The maximum atomic E-state index is 11.3. The number of carbonyl (C=O) groups is 1. The van der Waals surface area contributed by atoms with E-state index < -0.39 is 0 Å². The van der Waals surface area contributed by atoms with Gasteiger partial charge in [0, 0.05) is 9.86 Å². The number of carbonyl (C=O) groups excluding carboxylic acids is 1. The number of fused-ring (bicyclic) bond motifs is 1. The minimum Gasteiger partial charge on any atom is -0.493 e. The first kappa shape index (κ1) is 13.3. The zero-order chi connectivity index (χ0) is 14.3. The lowest BCUT2D eigenvalue weighted by Gasteiger charge is -1.94. The van der Waals surface area contributed by atoms with Crippen LogP contribution >= 0.6 is 27.7 Å². The molecule has 2 aromatic rings. The lowest BCUT2D eigenvalue weighted by atomic mass is 10.2. The van der Waals surface area contributed by atoms with Gasteiger partial charge in [0.2, 0.25) is 11.0 Å². The molecule has 0 saturated carbocycles. The van der Waals surface area contributed by atoms with Gasteiger partial charge in [-0.1, -0.05) is 27.7 Å². The van der Waals surface area contributed by atoms with Gasteiger partial charge >= 0.3 is 0 Å². The van der Waals surface area contributed by atoms with Crippen LogP contribution in [0.1, 0.15) is 6.92 Å². The van der Waals surface area contributed by atoms with Crippen molar-refractivity contribution in [3.05, 3.63) is 22.7 Å². The van der Waals surface area contributed by atoms with Gasteiger partial charge in [-0.3, -0.25) is 4.79 Å². The van der Waals surface area contributed by atoms with Crippen LogP contribution in [0.2, 0.25) is 0 Å².